The van der Waals surface area contributed by atoms with E-state index in [9.17, 15) is 13.2 Å². The first-order valence-electron chi connectivity index (χ1n) is 8.29. The molecular formula is C17H19N5O4S2. The van der Waals surface area contributed by atoms with Gasteiger partial charge in [-0.15, -0.1) is 0 Å². The van der Waals surface area contributed by atoms with Crippen molar-refractivity contribution in [3.05, 3.63) is 51.9 Å². The number of hydrogen-bond acceptors (Lipinski definition) is 8. The molecule has 148 valence electrons. The predicted octanol–water partition coefficient (Wildman–Crippen LogP) is 1.23. The van der Waals surface area contributed by atoms with Gasteiger partial charge in [-0.2, -0.15) is 0 Å². The molecule has 3 rings (SSSR count). The number of anilines is 2. The van der Waals surface area contributed by atoms with Crippen LogP contribution in [0.2, 0.25) is 0 Å². The minimum absolute atomic E-state index is 0.0548. The van der Waals surface area contributed by atoms with Crippen molar-refractivity contribution in [3.63, 3.8) is 0 Å². The van der Waals surface area contributed by atoms with E-state index in [1.807, 2.05) is 6.92 Å². The van der Waals surface area contributed by atoms with Gasteiger partial charge < -0.3 is 15.0 Å². The summed E-state index contributed by atoms with van der Waals surface area (Å²) in [6, 6.07) is 7.89. The Labute approximate surface area is 165 Å². The monoisotopic (exact) mass is 421 g/mol. The molecule has 0 saturated heterocycles. The average molecular weight is 422 g/mol. The van der Waals surface area contributed by atoms with Crippen molar-refractivity contribution < 1.29 is 13.5 Å². The Morgan fingerprint density at radius 3 is 2.75 bits per heavy atom. The zero-order valence-corrected chi connectivity index (χ0v) is 16.8. The number of hydrogen-bond donors (Lipinski definition) is 3. The molecule has 11 heteroatoms. The Hall–Kier alpha value is -2.60. The van der Waals surface area contributed by atoms with Crippen LogP contribution in [-0.4, -0.2) is 41.2 Å². The van der Waals surface area contributed by atoms with Crippen LogP contribution in [0.15, 0.2) is 46.2 Å². The van der Waals surface area contributed by atoms with Gasteiger partial charge in [-0.1, -0.05) is 17.4 Å². The number of aromatic nitrogens is 3. The van der Waals surface area contributed by atoms with Crippen LogP contribution in [0, 0.1) is 6.92 Å². The maximum absolute atomic E-state index is 12.2. The molecular weight excluding hydrogens is 402 g/mol. The third kappa shape index (κ3) is 4.28. The molecule has 0 aliphatic rings. The molecule has 1 aromatic carbocycles. The number of nitrogens with zero attached hydrogens (tertiary/aromatic N) is 3. The number of benzene rings is 1. The summed E-state index contributed by atoms with van der Waals surface area (Å²) >= 11 is 1.10. The van der Waals surface area contributed by atoms with Gasteiger partial charge in [-0.05, 0) is 31.2 Å². The summed E-state index contributed by atoms with van der Waals surface area (Å²) in [6.07, 6.45) is 1.57. The first-order chi connectivity index (χ1) is 13.3. The van der Waals surface area contributed by atoms with E-state index in [0.29, 0.717) is 11.4 Å². The highest BCUT2D eigenvalue weighted by Crippen LogP contribution is 2.25. The normalized spacial score (nSPS) is 11.5. The van der Waals surface area contributed by atoms with Crippen molar-refractivity contribution in [2.24, 2.45) is 7.05 Å². The molecule has 0 fully saturated rings. The fourth-order valence-electron chi connectivity index (χ4n) is 2.44. The molecule has 0 saturated carbocycles. The summed E-state index contributed by atoms with van der Waals surface area (Å²) in [5.74, 6) is 0.276. The Morgan fingerprint density at radius 2 is 2.07 bits per heavy atom. The molecule has 0 aliphatic heterocycles. The molecule has 3 aromatic rings. The second kappa shape index (κ2) is 8.19. The van der Waals surface area contributed by atoms with Crippen LogP contribution in [-0.2, 0) is 17.1 Å². The number of nitrogens with one attached hydrogen (secondary N) is 2. The second-order valence-corrected chi connectivity index (χ2v) is 8.61. The lowest BCUT2D eigenvalue weighted by Crippen LogP contribution is -2.26. The van der Waals surface area contributed by atoms with E-state index < -0.39 is 10.0 Å². The van der Waals surface area contributed by atoms with E-state index in [4.69, 9.17) is 5.11 Å². The summed E-state index contributed by atoms with van der Waals surface area (Å²) in [7, 11) is -2.02. The number of rotatable bonds is 7. The SMILES string of the molecule is Cc1c(-c2ccnc(Nc3cccc(S(=O)(=O)NCCO)c3)n2)sc(=O)n1C. The lowest BCUT2D eigenvalue weighted by Gasteiger charge is -2.09. The molecule has 0 bridgehead atoms. The average Bonchev–Trinajstić information content (AvgIpc) is 2.94. The van der Waals surface area contributed by atoms with Gasteiger partial charge in [0.25, 0.3) is 0 Å². The van der Waals surface area contributed by atoms with Gasteiger partial charge in [-0.25, -0.2) is 23.1 Å². The fraction of sp³-hybridized carbons (Fsp3) is 0.235. The van der Waals surface area contributed by atoms with Crippen LogP contribution in [0.4, 0.5) is 11.6 Å². The lowest BCUT2D eigenvalue weighted by molar-refractivity contribution is 0.301. The molecule has 3 N–H and O–H groups in total. The molecule has 0 atom stereocenters. The third-order valence-corrected chi connectivity index (χ3v) is 6.60. The van der Waals surface area contributed by atoms with E-state index >= 15 is 0 Å². The summed E-state index contributed by atoms with van der Waals surface area (Å²) in [4.78, 5) is 21.2. The van der Waals surface area contributed by atoms with Crippen molar-refractivity contribution in [1.29, 1.82) is 0 Å². The largest absolute Gasteiger partial charge is 0.395 e. The molecule has 28 heavy (non-hydrogen) atoms. The summed E-state index contributed by atoms with van der Waals surface area (Å²) in [5.41, 5.74) is 1.90. The maximum atomic E-state index is 12.2. The number of thiazole rings is 1. The van der Waals surface area contributed by atoms with Crippen LogP contribution in [0.3, 0.4) is 0 Å². The molecule has 9 nitrogen and oxygen atoms in total. The highest BCUT2D eigenvalue weighted by molar-refractivity contribution is 7.89. The highest BCUT2D eigenvalue weighted by Gasteiger charge is 2.15. The van der Waals surface area contributed by atoms with E-state index in [-0.39, 0.29) is 28.9 Å². The Balaban J connectivity index is 1.88. The van der Waals surface area contributed by atoms with Crippen LogP contribution in [0.5, 0.6) is 0 Å². The molecule has 0 radical (unpaired) electrons. The van der Waals surface area contributed by atoms with Crippen LogP contribution >= 0.6 is 11.3 Å². The van der Waals surface area contributed by atoms with Gasteiger partial charge in [-0.3, -0.25) is 4.79 Å². The van der Waals surface area contributed by atoms with Crippen molar-refractivity contribution in [1.82, 2.24) is 19.3 Å². The highest BCUT2D eigenvalue weighted by atomic mass is 32.2. The number of sulfonamides is 1. The first-order valence-corrected chi connectivity index (χ1v) is 10.6. The van der Waals surface area contributed by atoms with E-state index in [2.05, 4.69) is 20.0 Å². The van der Waals surface area contributed by atoms with Gasteiger partial charge in [0.05, 0.1) is 22.1 Å². The summed E-state index contributed by atoms with van der Waals surface area (Å²) in [5, 5.41) is 11.8. The van der Waals surface area contributed by atoms with Gasteiger partial charge in [0, 0.05) is 31.2 Å². The van der Waals surface area contributed by atoms with Crippen molar-refractivity contribution in [2.45, 2.75) is 11.8 Å². The Kier molecular flexibility index (Phi) is 5.89. The molecule has 0 aliphatic carbocycles. The minimum atomic E-state index is -3.72. The fourth-order valence-corrected chi connectivity index (χ4v) is 4.45. The number of aliphatic hydroxyl groups is 1. The van der Waals surface area contributed by atoms with E-state index in [1.165, 1.54) is 12.1 Å². The molecule has 0 unspecified atom stereocenters. The second-order valence-electron chi connectivity index (χ2n) is 5.88. The van der Waals surface area contributed by atoms with Crippen molar-refractivity contribution >= 4 is 33.0 Å². The summed E-state index contributed by atoms with van der Waals surface area (Å²) < 4.78 is 28.2. The van der Waals surface area contributed by atoms with E-state index in [0.717, 1.165) is 21.9 Å². The predicted molar refractivity (Wildman–Crippen MR) is 107 cm³/mol. The van der Waals surface area contributed by atoms with Gasteiger partial charge in [0.15, 0.2) is 0 Å². The maximum Gasteiger partial charge on any atom is 0.307 e. The van der Waals surface area contributed by atoms with Crippen molar-refractivity contribution in [2.75, 3.05) is 18.5 Å². The standard InChI is InChI=1S/C17H19N5O4S2/c1-11-15(27-17(24)22(11)2)14-6-7-18-16(21-14)20-12-4-3-5-13(10-12)28(25,26)19-8-9-23/h3-7,10,19,23H,8-9H2,1-2H3,(H,18,20,21). The zero-order chi connectivity index (χ0) is 20.3. The molecule has 2 heterocycles. The van der Waals surface area contributed by atoms with Crippen molar-refractivity contribution in [3.8, 4) is 10.6 Å². The lowest BCUT2D eigenvalue weighted by atomic mass is 10.3. The van der Waals surface area contributed by atoms with Crippen LogP contribution in [0.1, 0.15) is 5.69 Å². The van der Waals surface area contributed by atoms with E-state index in [1.54, 1.807) is 36.0 Å². The van der Waals surface area contributed by atoms with Gasteiger partial charge >= 0.3 is 4.87 Å². The van der Waals surface area contributed by atoms with Crippen LogP contribution < -0.4 is 14.9 Å². The smallest absolute Gasteiger partial charge is 0.307 e. The van der Waals surface area contributed by atoms with Crippen LogP contribution in [0.25, 0.3) is 10.6 Å². The Bertz CT molecular complexity index is 1150. The topological polar surface area (TPSA) is 126 Å². The zero-order valence-electron chi connectivity index (χ0n) is 15.2. The van der Waals surface area contributed by atoms with Gasteiger partial charge in [0.2, 0.25) is 16.0 Å². The molecule has 0 spiro atoms. The molecule has 2 aromatic heterocycles. The summed E-state index contributed by atoms with van der Waals surface area (Å²) in [6.45, 7) is 1.49. The minimum Gasteiger partial charge on any atom is -0.395 e. The first kappa shape index (κ1) is 20.1. The van der Waals surface area contributed by atoms with Gasteiger partial charge in [0.1, 0.15) is 0 Å². The molecule has 0 amide bonds. The third-order valence-electron chi connectivity index (χ3n) is 3.99. The number of aliphatic hydroxyl groups excluding tert-OH is 1. The quantitative estimate of drug-likeness (QED) is 0.524. The Morgan fingerprint density at radius 1 is 1.29 bits per heavy atom.